The van der Waals surface area contributed by atoms with E-state index in [0.29, 0.717) is 6.42 Å². The summed E-state index contributed by atoms with van der Waals surface area (Å²) in [5.74, 6) is -0.678. The van der Waals surface area contributed by atoms with Gasteiger partial charge in [-0.1, -0.05) is 175 Å². The molecule has 46 heavy (non-hydrogen) atoms. The third-order valence-electron chi connectivity index (χ3n) is 8.10. The van der Waals surface area contributed by atoms with E-state index in [0.717, 1.165) is 51.4 Å². The zero-order valence-corrected chi connectivity index (χ0v) is 32.7. The van der Waals surface area contributed by atoms with Crippen molar-refractivity contribution in [2.45, 2.75) is 226 Å². The summed E-state index contributed by atoms with van der Waals surface area (Å²) in [5, 5.41) is 28.2. The van der Waals surface area contributed by atoms with E-state index in [1.165, 1.54) is 135 Å². The average molecular weight is 689 g/mol. The molecule has 0 aromatic heterocycles. The van der Waals surface area contributed by atoms with E-state index in [9.17, 15) is 15.0 Å². The molecule has 0 aromatic rings. The van der Waals surface area contributed by atoms with Crippen LogP contribution in [-0.4, -0.2) is 88.3 Å². The van der Waals surface area contributed by atoms with Gasteiger partial charge in [-0.3, -0.25) is 4.79 Å². The molecule has 0 heterocycles. The quantitative estimate of drug-likeness (QED) is 0.0476. The molecule has 0 aromatic carbocycles. The Morgan fingerprint density at radius 1 is 0.457 bits per heavy atom. The number of hydrogen-bond acceptors (Lipinski definition) is 7. The summed E-state index contributed by atoms with van der Waals surface area (Å²) in [4.78, 5) is 26.6. The van der Waals surface area contributed by atoms with Crippen molar-refractivity contribution in [2.24, 2.45) is 0 Å². The van der Waals surface area contributed by atoms with Crippen LogP contribution in [0.15, 0.2) is 0 Å². The summed E-state index contributed by atoms with van der Waals surface area (Å²) in [5.41, 5.74) is 0. The number of carboxylic acid groups (broad SMARTS) is 1. The molecular weight excluding hydrogens is 612 g/mol. The van der Waals surface area contributed by atoms with E-state index in [4.69, 9.17) is 14.7 Å². The zero-order chi connectivity index (χ0) is 32.7. The van der Waals surface area contributed by atoms with E-state index in [1.54, 1.807) is 0 Å². The molecule has 2 atom stereocenters. The first-order valence-corrected chi connectivity index (χ1v) is 18.5. The zero-order valence-electron chi connectivity index (χ0n) is 30.5. The van der Waals surface area contributed by atoms with Crippen LogP contribution in [0.4, 0.5) is 0 Å². The largest absolute Gasteiger partial charge is 2.00 e. The number of hydrogen-bond donors (Lipinski definition) is 3. The van der Waals surface area contributed by atoms with Gasteiger partial charge in [0.15, 0.2) is 0 Å². The number of rotatable bonds is 31. The van der Waals surface area contributed by atoms with Crippen molar-refractivity contribution in [3.05, 3.63) is 0 Å². The van der Waals surface area contributed by atoms with E-state index in [-0.39, 0.29) is 67.1 Å². The van der Waals surface area contributed by atoms with Crippen LogP contribution in [0.5, 0.6) is 0 Å². The summed E-state index contributed by atoms with van der Waals surface area (Å²) >= 11 is 0. The SMILES string of the molecule is CCCCCCC(O)CCCCCCCCCCC(=O)O.CCCCCCCCCCCC(O)CCCCCC.O=C=O.[Ca+2].[OH-].[OH-]. The van der Waals surface area contributed by atoms with E-state index in [1.807, 2.05) is 0 Å². The molecule has 0 spiro atoms. The van der Waals surface area contributed by atoms with Crippen LogP contribution in [0, 0.1) is 0 Å². The molecule has 9 heteroatoms. The fourth-order valence-electron chi connectivity index (χ4n) is 5.31. The molecule has 0 aliphatic carbocycles. The van der Waals surface area contributed by atoms with Gasteiger partial charge in [-0.2, -0.15) is 9.59 Å². The number of aliphatic hydroxyl groups excluding tert-OH is 2. The van der Waals surface area contributed by atoms with Crippen molar-refractivity contribution < 1.29 is 40.7 Å². The Bertz CT molecular complexity index is 559. The van der Waals surface area contributed by atoms with E-state index >= 15 is 0 Å². The summed E-state index contributed by atoms with van der Waals surface area (Å²) in [6, 6.07) is 0. The second kappa shape index (κ2) is 54.4. The molecule has 274 valence electrons. The van der Waals surface area contributed by atoms with Crippen molar-refractivity contribution in [1.29, 1.82) is 0 Å². The van der Waals surface area contributed by atoms with Crippen LogP contribution >= 0.6 is 0 Å². The molecule has 2 unspecified atom stereocenters. The predicted octanol–water partition coefficient (Wildman–Crippen LogP) is 10.2. The molecule has 0 aliphatic heterocycles. The van der Waals surface area contributed by atoms with Gasteiger partial charge in [-0.15, -0.1) is 0 Å². The van der Waals surface area contributed by atoms with Crippen molar-refractivity contribution in [3.63, 3.8) is 0 Å². The predicted molar refractivity (Wildman–Crippen MR) is 190 cm³/mol. The minimum Gasteiger partial charge on any atom is -0.870 e. The van der Waals surface area contributed by atoms with Crippen LogP contribution in [0.3, 0.4) is 0 Å². The van der Waals surface area contributed by atoms with Crippen molar-refractivity contribution in [3.8, 4) is 0 Å². The van der Waals surface area contributed by atoms with Gasteiger partial charge < -0.3 is 26.3 Å². The molecule has 0 saturated carbocycles. The van der Waals surface area contributed by atoms with Gasteiger partial charge in [0.2, 0.25) is 0 Å². The van der Waals surface area contributed by atoms with Gasteiger partial charge in [0.05, 0.1) is 12.2 Å². The van der Waals surface area contributed by atoms with Crippen molar-refractivity contribution in [1.82, 2.24) is 0 Å². The molecule has 8 nitrogen and oxygen atoms in total. The van der Waals surface area contributed by atoms with Gasteiger partial charge in [-0.25, -0.2) is 0 Å². The van der Waals surface area contributed by atoms with Gasteiger partial charge in [0.25, 0.3) is 0 Å². The average Bonchev–Trinajstić information content (AvgIpc) is 2.98. The van der Waals surface area contributed by atoms with Crippen LogP contribution < -0.4 is 0 Å². The van der Waals surface area contributed by atoms with Crippen molar-refractivity contribution in [2.75, 3.05) is 0 Å². The first-order valence-electron chi connectivity index (χ1n) is 18.5. The second-order valence-corrected chi connectivity index (χ2v) is 12.5. The molecule has 5 N–H and O–H groups in total. The second-order valence-electron chi connectivity index (χ2n) is 12.5. The van der Waals surface area contributed by atoms with Crippen LogP contribution in [0.1, 0.15) is 213 Å². The van der Waals surface area contributed by atoms with E-state index < -0.39 is 5.97 Å². The number of carbonyl (C=O) groups excluding carboxylic acids is 2. The number of carbonyl (C=O) groups is 1. The smallest absolute Gasteiger partial charge is 0.870 e. The molecule has 0 saturated heterocycles. The Hall–Kier alpha value is -0.0503. The Morgan fingerprint density at radius 3 is 0.891 bits per heavy atom. The molecule has 0 aliphatic rings. The summed E-state index contributed by atoms with van der Waals surface area (Å²) in [6.45, 7) is 6.72. The molecule has 0 radical (unpaired) electrons. The molecule has 0 bridgehead atoms. The first kappa shape index (κ1) is 58.2. The Kier molecular flexibility index (Phi) is 68.8. The molecule has 0 amide bonds. The Balaban J connectivity index is -0.000000151. The van der Waals surface area contributed by atoms with Gasteiger partial charge in [0.1, 0.15) is 0 Å². The molecular formula is C37H76CaO8. The first-order chi connectivity index (χ1) is 20.9. The van der Waals surface area contributed by atoms with Gasteiger partial charge in [-0.05, 0) is 32.1 Å². The van der Waals surface area contributed by atoms with Gasteiger partial charge >= 0.3 is 49.9 Å². The van der Waals surface area contributed by atoms with Crippen LogP contribution in [0.25, 0.3) is 0 Å². The minimum atomic E-state index is -0.678. The normalized spacial score (nSPS) is 11.2. The maximum absolute atomic E-state index is 10.3. The Morgan fingerprint density at radius 2 is 0.652 bits per heavy atom. The fourth-order valence-corrected chi connectivity index (χ4v) is 5.31. The van der Waals surface area contributed by atoms with Gasteiger partial charge in [0, 0.05) is 6.42 Å². The van der Waals surface area contributed by atoms with Crippen molar-refractivity contribution >= 4 is 49.9 Å². The summed E-state index contributed by atoms with van der Waals surface area (Å²) in [7, 11) is 0. The maximum atomic E-state index is 10.3. The number of unbranched alkanes of at least 4 members (excludes halogenated alkanes) is 21. The van der Waals surface area contributed by atoms with Crippen LogP contribution in [0.2, 0.25) is 0 Å². The fraction of sp³-hybridized carbons (Fsp3) is 0.946. The maximum Gasteiger partial charge on any atom is 2.00 e. The van der Waals surface area contributed by atoms with Crippen LogP contribution in [-0.2, 0) is 14.4 Å². The monoisotopic (exact) mass is 689 g/mol. The number of carboxylic acids is 1. The number of aliphatic hydroxyl groups is 2. The standard InChI is InChI=1S/C18H36O3.C18H38O.CO2.Ca.2H2O/c1-2-3-4-11-14-17(19)15-12-9-7-5-6-8-10-13-16-18(20)21;1-3-5-7-9-10-11-12-13-15-17-18(19)16-14-8-6-4-2;2-1-3;;;/h17,19H,2-16H2,1H3,(H,20,21);18-19H,3-17H2,1-2H3;;;2*1H2/q;;;+2;;/p-2. The molecule has 0 fully saturated rings. The number of aliphatic carboxylic acids is 1. The third-order valence-corrected chi connectivity index (χ3v) is 8.10. The van der Waals surface area contributed by atoms with E-state index in [2.05, 4.69) is 20.8 Å². The topological polar surface area (TPSA) is 172 Å². The minimum absolute atomic E-state index is 0. The summed E-state index contributed by atoms with van der Waals surface area (Å²) in [6.07, 6.45) is 36.0. The molecule has 0 rings (SSSR count). The third kappa shape index (κ3) is 62.7. The summed E-state index contributed by atoms with van der Waals surface area (Å²) < 4.78 is 0. The Labute approximate surface area is 314 Å².